The summed E-state index contributed by atoms with van der Waals surface area (Å²) in [6, 6.07) is 0. The minimum absolute atomic E-state index is 0.00858. The molecule has 142 valence electrons. The zero-order valence-electron chi connectivity index (χ0n) is 15.6. The molecule has 0 spiro atoms. The minimum Gasteiger partial charge on any atom is -0.460 e. The highest BCUT2D eigenvalue weighted by molar-refractivity contribution is 5.80. The van der Waals surface area contributed by atoms with E-state index in [0.29, 0.717) is 6.54 Å². The van der Waals surface area contributed by atoms with E-state index in [4.69, 9.17) is 9.47 Å². The molecule has 1 fully saturated rings. The van der Waals surface area contributed by atoms with Crippen molar-refractivity contribution in [3.05, 3.63) is 11.6 Å². The molecule has 7 nitrogen and oxygen atoms in total. The van der Waals surface area contributed by atoms with E-state index in [0.717, 1.165) is 18.5 Å². The van der Waals surface area contributed by atoms with Crippen molar-refractivity contribution in [3.8, 4) is 0 Å². The van der Waals surface area contributed by atoms with Crippen LogP contribution in [0.2, 0.25) is 0 Å². The third-order valence-corrected chi connectivity index (χ3v) is 5.66. The number of aliphatic hydroxyl groups is 2. The van der Waals surface area contributed by atoms with Crippen molar-refractivity contribution in [2.75, 3.05) is 19.7 Å². The fourth-order valence-electron chi connectivity index (χ4n) is 3.83. The van der Waals surface area contributed by atoms with Crippen molar-refractivity contribution >= 4 is 11.9 Å². The van der Waals surface area contributed by atoms with Crippen molar-refractivity contribution in [1.82, 2.24) is 4.90 Å². The topological polar surface area (TPSA) is 96.3 Å². The molecule has 0 aromatic carbocycles. The largest absolute Gasteiger partial charge is 0.460 e. The molecular formula is C18H29NO6. The average Bonchev–Trinajstić information content (AvgIpc) is 2.99. The predicted molar refractivity (Wildman–Crippen MR) is 90.7 cm³/mol. The number of nitrogens with zero attached hydrogens (tertiary/aromatic N) is 1. The van der Waals surface area contributed by atoms with Gasteiger partial charge in [-0.05, 0) is 31.8 Å². The van der Waals surface area contributed by atoms with Crippen LogP contribution in [-0.4, -0.2) is 70.1 Å². The van der Waals surface area contributed by atoms with Crippen molar-refractivity contribution in [2.24, 2.45) is 5.92 Å². The second kappa shape index (κ2) is 7.05. The van der Waals surface area contributed by atoms with Crippen LogP contribution >= 0.6 is 0 Å². The first-order valence-corrected chi connectivity index (χ1v) is 8.74. The van der Waals surface area contributed by atoms with Crippen molar-refractivity contribution in [3.63, 3.8) is 0 Å². The molecule has 2 heterocycles. The molecule has 2 rings (SSSR count). The summed E-state index contributed by atoms with van der Waals surface area (Å²) < 4.78 is 10.8. The Kier molecular flexibility index (Phi) is 5.61. The number of fused-ring (bicyclic) bond motifs is 1. The van der Waals surface area contributed by atoms with E-state index < -0.39 is 29.1 Å². The molecule has 4 atom stereocenters. The highest BCUT2D eigenvalue weighted by Gasteiger charge is 2.53. The van der Waals surface area contributed by atoms with Gasteiger partial charge in [-0.2, -0.15) is 0 Å². The van der Waals surface area contributed by atoms with Gasteiger partial charge in [-0.1, -0.05) is 19.9 Å². The second-order valence-electron chi connectivity index (χ2n) is 7.44. The van der Waals surface area contributed by atoms with Gasteiger partial charge in [0.05, 0.1) is 11.6 Å². The highest BCUT2D eigenvalue weighted by atomic mass is 16.6. The summed E-state index contributed by atoms with van der Waals surface area (Å²) in [5.41, 5.74) is -1.61. The minimum atomic E-state index is -1.95. The van der Waals surface area contributed by atoms with E-state index in [2.05, 4.69) is 4.90 Å². The average molecular weight is 355 g/mol. The third-order valence-electron chi connectivity index (χ3n) is 5.66. The lowest BCUT2D eigenvalue weighted by molar-refractivity contribution is -0.184. The smallest absolute Gasteiger partial charge is 0.341 e. The Labute approximate surface area is 148 Å². The molecular weight excluding hydrogens is 326 g/mol. The highest BCUT2D eigenvalue weighted by Crippen LogP contribution is 2.41. The molecule has 0 aromatic rings. The van der Waals surface area contributed by atoms with Crippen molar-refractivity contribution in [1.29, 1.82) is 0 Å². The zero-order valence-corrected chi connectivity index (χ0v) is 15.6. The van der Waals surface area contributed by atoms with Crippen molar-refractivity contribution in [2.45, 2.75) is 64.4 Å². The number of carbonyl (C=O) groups is 2. The van der Waals surface area contributed by atoms with E-state index in [1.807, 2.05) is 13.0 Å². The number of carbonyl (C=O) groups excluding carboxylic acids is 2. The van der Waals surface area contributed by atoms with Gasteiger partial charge in [0.15, 0.2) is 5.60 Å². The first kappa shape index (κ1) is 19.9. The van der Waals surface area contributed by atoms with E-state index in [-0.39, 0.29) is 18.7 Å². The molecule has 2 aliphatic heterocycles. The Morgan fingerprint density at radius 3 is 2.60 bits per heavy atom. The van der Waals surface area contributed by atoms with Gasteiger partial charge >= 0.3 is 11.9 Å². The summed E-state index contributed by atoms with van der Waals surface area (Å²) in [7, 11) is 0. The normalized spacial score (nSPS) is 29.8. The molecule has 25 heavy (non-hydrogen) atoms. The van der Waals surface area contributed by atoms with Crippen LogP contribution in [0.1, 0.15) is 41.0 Å². The first-order chi connectivity index (χ1) is 11.5. The lowest BCUT2D eigenvalue weighted by Crippen LogP contribution is -2.54. The summed E-state index contributed by atoms with van der Waals surface area (Å²) in [6.45, 7) is 9.52. The molecule has 0 saturated carbocycles. The molecule has 7 heteroatoms. The number of hydrogen-bond acceptors (Lipinski definition) is 7. The predicted octanol–water partition coefficient (Wildman–Crippen LogP) is 0.634. The van der Waals surface area contributed by atoms with Crippen LogP contribution in [0.5, 0.6) is 0 Å². The second-order valence-corrected chi connectivity index (χ2v) is 7.44. The number of esters is 2. The van der Waals surface area contributed by atoms with E-state index in [9.17, 15) is 19.8 Å². The Hall–Kier alpha value is -1.44. The maximum absolute atomic E-state index is 12.4. The summed E-state index contributed by atoms with van der Waals surface area (Å²) in [5.74, 6) is -1.67. The summed E-state index contributed by atoms with van der Waals surface area (Å²) in [5, 5.41) is 20.3. The Balaban J connectivity index is 2.10. The van der Waals surface area contributed by atoms with Crippen LogP contribution in [0.15, 0.2) is 11.6 Å². The summed E-state index contributed by atoms with van der Waals surface area (Å²) >= 11 is 0. The Morgan fingerprint density at radius 1 is 1.44 bits per heavy atom. The standard InChI is InChI=1S/C18H29NO6/c1-11(2)18(23,12(3)20)16(22)24-10-14-6-8-19-9-7-15(17(14,19)5)25-13(4)21/h6,11-12,15,20,23H,7-10H2,1-5H3. The van der Waals surface area contributed by atoms with Gasteiger partial charge in [-0.3, -0.25) is 9.69 Å². The number of rotatable bonds is 6. The van der Waals surface area contributed by atoms with E-state index >= 15 is 0 Å². The third kappa shape index (κ3) is 3.32. The monoisotopic (exact) mass is 355 g/mol. The number of hydrogen-bond donors (Lipinski definition) is 2. The SMILES string of the molecule is CC(=O)OC1CCN2CC=C(COC(=O)C(O)(C(C)C)C(C)O)C12C. The van der Waals surface area contributed by atoms with Gasteiger partial charge in [0.2, 0.25) is 0 Å². The van der Waals surface area contributed by atoms with Gasteiger partial charge in [-0.25, -0.2) is 4.79 Å². The molecule has 4 unspecified atom stereocenters. The quantitative estimate of drug-likeness (QED) is 0.533. The molecule has 1 saturated heterocycles. The van der Waals surface area contributed by atoms with Gasteiger partial charge in [0.1, 0.15) is 12.7 Å². The fraction of sp³-hybridized carbons (Fsp3) is 0.778. The molecule has 2 aliphatic rings. The number of ether oxygens (including phenoxy) is 2. The van der Waals surface area contributed by atoms with Crippen LogP contribution in [0.4, 0.5) is 0 Å². The summed E-state index contributed by atoms with van der Waals surface area (Å²) in [4.78, 5) is 26.0. The van der Waals surface area contributed by atoms with Gasteiger partial charge in [0.25, 0.3) is 0 Å². The maximum Gasteiger partial charge on any atom is 0.341 e. The Morgan fingerprint density at radius 2 is 2.08 bits per heavy atom. The number of aliphatic hydroxyl groups excluding tert-OH is 1. The van der Waals surface area contributed by atoms with Crippen LogP contribution < -0.4 is 0 Å². The van der Waals surface area contributed by atoms with E-state index in [1.165, 1.54) is 13.8 Å². The Bertz CT molecular complexity index is 562. The lowest BCUT2D eigenvalue weighted by Gasteiger charge is -2.36. The van der Waals surface area contributed by atoms with Crippen LogP contribution in [0.25, 0.3) is 0 Å². The first-order valence-electron chi connectivity index (χ1n) is 8.74. The molecule has 0 amide bonds. The zero-order chi connectivity index (χ0) is 19.0. The van der Waals surface area contributed by atoms with Gasteiger partial charge in [-0.15, -0.1) is 0 Å². The van der Waals surface area contributed by atoms with Gasteiger partial charge < -0.3 is 19.7 Å². The van der Waals surface area contributed by atoms with Crippen LogP contribution in [0, 0.1) is 5.92 Å². The van der Waals surface area contributed by atoms with Crippen molar-refractivity contribution < 1.29 is 29.3 Å². The van der Waals surface area contributed by atoms with Gasteiger partial charge in [0, 0.05) is 20.0 Å². The molecule has 0 aliphatic carbocycles. The van der Waals surface area contributed by atoms with Crippen LogP contribution in [0.3, 0.4) is 0 Å². The fourth-order valence-corrected chi connectivity index (χ4v) is 3.83. The van der Waals surface area contributed by atoms with Crippen LogP contribution in [-0.2, 0) is 19.1 Å². The molecule has 0 aromatic heterocycles. The van der Waals surface area contributed by atoms with E-state index in [1.54, 1.807) is 13.8 Å². The lowest BCUT2D eigenvalue weighted by atomic mass is 9.85. The summed E-state index contributed by atoms with van der Waals surface area (Å²) in [6.07, 6.45) is 1.16. The molecule has 0 radical (unpaired) electrons. The molecule has 0 bridgehead atoms. The molecule has 2 N–H and O–H groups in total. The maximum atomic E-state index is 12.4.